The van der Waals surface area contributed by atoms with Crippen molar-refractivity contribution in [2.24, 2.45) is 5.92 Å². The van der Waals surface area contributed by atoms with E-state index in [1.54, 1.807) is 0 Å². The molecule has 0 aliphatic rings. The lowest BCUT2D eigenvalue weighted by atomic mass is 9.98. The van der Waals surface area contributed by atoms with Crippen LogP contribution in [0.5, 0.6) is 0 Å². The Kier molecular flexibility index (Phi) is 10.8. The maximum Gasteiger partial charge on any atom is 0.448 e. The molecule has 0 radical (unpaired) electrons. The second-order valence-corrected chi connectivity index (χ2v) is 6.18. The van der Waals surface area contributed by atoms with Gasteiger partial charge in [-0.3, -0.25) is 14.1 Å². The van der Waals surface area contributed by atoms with Crippen molar-refractivity contribution < 1.29 is 31.5 Å². The highest BCUT2D eigenvalue weighted by molar-refractivity contribution is 7.81. The van der Waals surface area contributed by atoms with E-state index >= 15 is 0 Å². The molecular weight excluding hydrogens is 312 g/mol. The van der Waals surface area contributed by atoms with Crippen LogP contribution in [0, 0.1) is 5.92 Å². The fourth-order valence-corrected chi connectivity index (χ4v) is 2.26. The average molecular weight is 338 g/mol. The number of unbranched alkanes of at least 4 members (excludes halogenated alkanes) is 4. The molecule has 0 aromatic heterocycles. The number of hydrogen-bond donors (Lipinski definition) is 1. The summed E-state index contributed by atoms with van der Waals surface area (Å²) in [6.07, 6.45) is 5.18. The van der Waals surface area contributed by atoms with E-state index in [4.69, 9.17) is 9.29 Å². The molecule has 0 bridgehead atoms. The summed E-state index contributed by atoms with van der Waals surface area (Å²) in [7, 11) is -4.86. The number of ether oxygens (including phenoxy) is 1. The summed E-state index contributed by atoms with van der Waals surface area (Å²) in [5, 5.41) is 0. The second-order valence-electron chi connectivity index (χ2n) is 5.15. The van der Waals surface area contributed by atoms with Gasteiger partial charge in [0.1, 0.15) is 0 Å². The zero-order valence-corrected chi connectivity index (χ0v) is 14.1. The normalized spacial score (nSPS) is 12.7. The lowest BCUT2D eigenvalue weighted by molar-refractivity contribution is -0.150. The molecule has 0 amide bonds. The Morgan fingerprint density at radius 1 is 1.05 bits per heavy atom. The molecule has 1 atom stereocenters. The van der Waals surface area contributed by atoms with E-state index in [2.05, 4.69) is 4.18 Å². The zero-order chi connectivity index (χ0) is 17.0. The van der Waals surface area contributed by atoms with Crippen LogP contribution in [0.2, 0.25) is 0 Å². The van der Waals surface area contributed by atoms with Crippen molar-refractivity contribution in [2.45, 2.75) is 65.2 Å². The molecule has 0 saturated carbocycles. The third-order valence-electron chi connectivity index (χ3n) is 3.10. The molecule has 1 N–H and O–H groups in total. The van der Waals surface area contributed by atoms with Crippen molar-refractivity contribution in [3.8, 4) is 0 Å². The summed E-state index contributed by atoms with van der Waals surface area (Å²) in [5.41, 5.74) is 0. The maximum absolute atomic E-state index is 11.7. The number of carbonyl (C=O) groups excluding carboxylic acids is 2. The Morgan fingerprint density at radius 3 is 2.18 bits per heavy atom. The molecule has 0 rings (SSSR count). The van der Waals surface area contributed by atoms with Crippen LogP contribution in [0.25, 0.3) is 0 Å². The number of esters is 1. The van der Waals surface area contributed by atoms with Gasteiger partial charge in [0.25, 0.3) is 0 Å². The highest BCUT2D eigenvalue weighted by Crippen LogP contribution is 2.17. The standard InChI is InChI=1S/C14H26O7S/c1-3-5-7-9-12(14(16)21-22(17,18)19)11-13(15)20-10-8-6-4-2/h12H,3-11H2,1-2H3,(H,17,18,19). The summed E-state index contributed by atoms with van der Waals surface area (Å²) >= 11 is 0. The molecular formula is C14H26O7S. The first kappa shape index (κ1) is 20.9. The van der Waals surface area contributed by atoms with E-state index in [-0.39, 0.29) is 13.0 Å². The third-order valence-corrected chi connectivity index (χ3v) is 3.48. The van der Waals surface area contributed by atoms with E-state index in [0.29, 0.717) is 12.8 Å². The quantitative estimate of drug-likeness (QED) is 0.331. The number of carbonyl (C=O) groups is 2. The second kappa shape index (κ2) is 11.4. The van der Waals surface area contributed by atoms with E-state index in [0.717, 1.165) is 32.1 Å². The van der Waals surface area contributed by atoms with Crippen molar-refractivity contribution in [2.75, 3.05) is 6.61 Å². The fraction of sp³-hybridized carbons (Fsp3) is 0.857. The predicted molar refractivity (Wildman–Crippen MR) is 80.4 cm³/mol. The Bertz CT molecular complexity index is 430. The van der Waals surface area contributed by atoms with E-state index in [1.807, 2.05) is 13.8 Å². The summed E-state index contributed by atoms with van der Waals surface area (Å²) < 4.78 is 38.7. The van der Waals surface area contributed by atoms with Crippen molar-refractivity contribution in [1.29, 1.82) is 0 Å². The molecule has 0 aromatic rings. The summed E-state index contributed by atoms with van der Waals surface area (Å²) in [5.74, 6) is -2.61. The molecule has 0 spiro atoms. The topological polar surface area (TPSA) is 107 Å². The molecule has 0 aliphatic carbocycles. The molecule has 7 nitrogen and oxygen atoms in total. The van der Waals surface area contributed by atoms with Crippen LogP contribution in [0.1, 0.15) is 65.2 Å². The molecule has 0 aliphatic heterocycles. The summed E-state index contributed by atoms with van der Waals surface area (Å²) in [6.45, 7) is 4.28. The Balaban J connectivity index is 4.44. The lowest BCUT2D eigenvalue weighted by Crippen LogP contribution is -2.24. The molecule has 8 heteroatoms. The molecule has 0 heterocycles. The molecule has 22 heavy (non-hydrogen) atoms. The predicted octanol–water partition coefficient (Wildman–Crippen LogP) is 2.65. The summed E-state index contributed by atoms with van der Waals surface area (Å²) in [4.78, 5) is 23.4. The Morgan fingerprint density at radius 2 is 1.64 bits per heavy atom. The van der Waals surface area contributed by atoms with Gasteiger partial charge < -0.3 is 8.92 Å². The Hall–Kier alpha value is -1.15. The van der Waals surface area contributed by atoms with Gasteiger partial charge in [-0.1, -0.05) is 46.0 Å². The van der Waals surface area contributed by atoms with Crippen LogP contribution in [-0.4, -0.2) is 31.5 Å². The van der Waals surface area contributed by atoms with Crippen LogP contribution in [0.15, 0.2) is 0 Å². The van der Waals surface area contributed by atoms with Crippen LogP contribution >= 0.6 is 0 Å². The van der Waals surface area contributed by atoms with Crippen molar-refractivity contribution in [3.63, 3.8) is 0 Å². The molecule has 0 aromatic carbocycles. The van der Waals surface area contributed by atoms with Gasteiger partial charge in [0, 0.05) is 0 Å². The van der Waals surface area contributed by atoms with Crippen LogP contribution in [-0.2, 0) is 28.9 Å². The highest BCUT2D eigenvalue weighted by atomic mass is 32.3. The molecule has 130 valence electrons. The van der Waals surface area contributed by atoms with Gasteiger partial charge in [0.15, 0.2) is 0 Å². The molecule has 0 fully saturated rings. The molecule has 0 saturated heterocycles. The minimum atomic E-state index is -4.86. The van der Waals surface area contributed by atoms with Crippen molar-refractivity contribution in [3.05, 3.63) is 0 Å². The number of hydrogen-bond acceptors (Lipinski definition) is 6. The summed E-state index contributed by atoms with van der Waals surface area (Å²) in [6, 6.07) is 0. The first-order valence-electron chi connectivity index (χ1n) is 7.66. The SMILES string of the molecule is CCCCCOC(=O)CC(CCCCC)C(=O)OS(=O)(=O)O. The van der Waals surface area contributed by atoms with Gasteiger partial charge in [-0.2, -0.15) is 8.42 Å². The fourth-order valence-electron chi connectivity index (χ4n) is 1.91. The van der Waals surface area contributed by atoms with Crippen LogP contribution < -0.4 is 0 Å². The van der Waals surface area contributed by atoms with Crippen molar-refractivity contribution in [1.82, 2.24) is 0 Å². The van der Waals surface area contributed by atoms with Gasteiger partial charge >= 0.3 is 22.3 Å². The van der Waals surface area contributed by atoms with E-state index in [1.165, 1.54) is 0 Å². The zero-order valence-electron chi connectivity index (χ0n) is 13.2. The largest absolute Gasteiger partial charge is 0.466 e. The highest BCUT2D eigenvalue weighted by Gasteiger charge is 2.27. The first-order chi connectivity index (χ1) is 10.3. The first-order valence-corrected chi connectivity index (χ1v) is 9.03. The van der Waals surface area contributed by atoms with Gasteiger partial charge in [0.2, 0.25) is 0 Å². The van der Waals surface area contributed by atoms with Gasteiger partial charge in [-0.25, -0.2) is 0 Å². The average Bonchev–Trinajstić information content (AvgIpc) is 2.41. The maximum atomic E-state index is 11.7. The third kappa shape index (κ3) is 11.5. The molecule has 1 unspecified atom stereocenters. The van der Waals surface area contributed by atoms with E-state index in [9.17, 15) is 18.0 Å². The van der Waals surface area contributed by atoms with Crippen LogP contribution in [0.3, 0.4) is 0 Å². The van der Waals surface area contributed by atoms with Crippen molar-refractivity contribution >= 4 is 22.3 Å². The van der Waals surface area contributed by atoms with Gasteiger partial charge in [-0.05, 0) is 12.8 Å². The number of rotatable bonds is 12. The monoisotopic (exact) mass is 338 g/mol. The Labute approximate surface area is 132 Å². The lowest BCUT2D eigenvalue weighted by Gasteiger charge is -2.14. The van der Waals surface area contributed by atoms with Gasteiger partial charge in [0.05, 0.1) is 18.9 Å². The van der Waals surface area contributed by atoms with Gasteiger partial charge in [-0.15, -0.1) is 0 Å². The van der Waals surface area contributed by atoms with Crippen LogP contribution in [0.4, 0.5) is 0 Å². The minimum Gasteiger partial charge on any atom is -0.466 e. The smallest absolute Gasteiger partial charge is 0.448 e. The minimum absolute atomic E-state index is 0.246. The van der Waals surface area contributed by atoms with E-state index < -0.39 is 28.3 Å².